The van der Waals surface area contributed by atoms with Gasteiger partial charge in [0.15, 0.2) is 0 Å². The van der Waals surface area contributed by atoms with Gasteiger partial charge in [0.1, 0.15) is 11.5 Å². The Morgan fingerprint density at radius 3 is 2.41 bits per heavy atom. The van der Waals surface area contributed by atoms with Crippen LogP contribution in [0.4, 0.5) is 0 Å². The fourth-order valence-corrected chi connectivity index (χ4v) is 1.86. The predicted octanol–water partition coefficient (Wildman–Crippen LogP) is 0.578. The third kappa shape index (κ3) is 19.2. The van der Waals surface area contributed by atoms with Crippen LogP contribution >= 0.6 is 0 Å². The van der Waals surface area contributed by atoms with Crippen LogP contribution in [-0.2, 0) is 23.7 Å². The first-order chi connectivity index (χ1) is 13.1. The van der Waals surface area contributed by atoms with E-state index in [2.05, 4.69) is 10.1 Å². The van der Waals surface area contributed by atoms with Crippen molar-refractivity contribution in [3.05, 3.63) is 0 Å². The largest absolute Gasteiger partial charge is 0.391 e. The third-order valence-corrected chi connectivity index (χ3v) is 3.30. The van der Waals surface area contributed by atoms with Gasteiger partial charge in [-0.15, -0.1) is 0 Å². The number of carbonyl (C=O) groups excluding carboxylic acids is 1. The van der Waals surface area contributed by atoms with Gasteiger partial charge in [-0.2, -0.15) is 5.10 Å². The molecule has 3 N–H and O–H groups in total. The fourth-order valence-electron chi connectivity index (χ4n) is 1.86. The molecule has 0 aromatic heterocycles. The normalized spacial score (nSPS) is 13.4. The first-order valence-electron chi connectivity index (χ1n) is 9.35. The Morgan fingerprint density at radius 1 is 1.07 bits per heavy atom. The molecule has 0 amide bonds. The fraction of sp³-hybridized carbons (Fsp3) is 0.833. The summed E-state index contributed by atoms with van der Waals surface area (Å²) in [4.78, 5) is 14.9. The van der Waals surface area contributed by atoms with E-state index in [1.807, 2.05) is 6.92 Å². The molecule has 1 unspecified atom stereocenters. The number of hydrazone groups is 1. The summed E-state index contributed by atoms with van der Waals surface area (Å²) in [5.74, 6) is 5.41. The van der Waals surface area contributed by atoms with E-state index in [9.17, 15) is 9.90 Å². The molecule has 0 aromatic rings. The van der Waals surface area contributed by atoms with E-state index in [-0.39, 0.29) is 12.4 Å². The number of hydrogen-bond acceptors (Lipinski definition) is 9. The van der Waals surface area contributed by atoms with Gasteiger partial charge < -0.3 is 29.9 Å². The minimum absolute atomic E-state index is 0.116. The topological polar surface area (TPSA) is 125 Å². The van der Waals surface area contributed by atoms with Gasteiger partial charge in [-0.25, -0.2) is 0 Å². The van der Waals surface area contributed by atoms with E-state index in [1.165, 1.54) is 6.92 Å². The summed E-state index contributed by atoms with van der Waals surface area (Å²) in [6.07, 6.45) is 3.23. The average molecular weight is 389 g/mol. The van der Waals surface area contributed by atoms with E-state index in [0.717, 1.165) is 12.8 Å². The summed E-state index contributed by atoms with van der Waals surface area (Å²) in [5.41, 5.74) is 0.522. The van der Waals surface area contributed by atoms with Gasteiger partial charge in [0.25, 0.3) is 0 Å². The summed E-state index contributed by atoms with van der Waals surface area (Å²) in [6.45, 7) is 7.18. The molecule has 0 bridgehead atoms. The molecule has 158 valence electrons. The average Bonchev–Trinajstić information content (AvgIpc) is 2.64. The van der Waals surface area contributed by atoms with Crippen molar-refractivity contribution in [1.29, 1.82) is 0 Å². The zero-order chi connectivity index (χ0) is 20.2. The maximum Gasteiger partial charge on any atom is 0.132 e. The molecule has 0 saturated carbocycles. The molecule has 0 spiro atoms. The minimum atomic E-state index is -0.419. The second kappa shape index (κ2) is 19.4. The van der Waals surface area contributed by atoms with Crippen LogP contribution in [0.25, 0.3) is 0 Å². The molecular weight excluding hydrogens is 354 g/mol. The van der Waals surface area contributed by atoms with Gasteiger partial charge in [0.05, 0.1) is 65.5 Å². The highest BCUT2D eigenvalue weighted by Crippen LogP contribution is 1.96. The van der Waals surface area contributed by atoms with Gasteiger partial charge in [0.2, 0.25) is 0 Å². The summed E-state index contributed by atoms with van der Waals surface area (Å²) in [5, 5.41) is 13.1. The van der Waals surface area contributed by atoms with Gasteiger partial charge >= 0.3 is 0 Å². The number of aliphatic hydroxyl groups is 1. The van der Waals surface area contributed by atoms with Crippen molar-refractivity contribution in [3.63, 3.8) is 0 Å². The zero-order valence-electron chi connectivity index (χ0n) is 16.6. The maximum atomic E-state index is 10.7. The standard InChI is InChI=1S/C18H35N3O6/c1-3-4-18(23)15-27-12-11-26-14-17(21-19)13-20-6-8-25-10-9-24-7-5-16(2)22/h13,18,23H,3-12,14-15,19H2,1-2H3/b20-13?,21-17+. The lowest BCUT2D eigenvalue weighted by Gasteiger charge is -2.10. The highest BCUT2D eigenvalue weighted by Gasteiger charge is 2.02. The van der Waals surface area contributed by atoms with Gasteiger partial charge in [-0.05, 0) is 13.3 Å². The van der Waals surface area contributed by atoms with E-state index < -0.39 is 6.10 Å². The van der Waals surface area contributed by atoms with Crippen molar-refractivity contribution in [2.24, 2.45) is 15.9 Å². The molecular formula is C18H35N3O6. The molecule has 27 heavy (non-hydrogen) atoms. The number of hydrogen-bond donors (Lipinski definition) is 2. The Kier molecular flexibility index (Phi) is 18.4. The van der Waals surface area contributed by atoms with Gasteiger partial charge in [0, 0.05) is 12.6 Å². The summed E-state index contributed by atoms with van der Waals surface area (Å²) >= 11 is 0. The first kappa shape index (κ1) is 25.6. The number of aliphatic imine (C=N–C) groups is 1. The molecule has 0 aliphatic carbocycles. The van der Waals surface area contributed by atoms with Crippen LogP contribution < -0.4 is 5.84 Å². The van der Waals surface area contributed by atoms with Crippen LogP contribution in [-0.4, -0.2) is 88.3 Å². The maximum absolute atomic E-state index is 10.7. The van der Waals surface area contributed by atoms with Crippen LogP contribution in [0.3, 0.4) is 0 Å². The number of ketones is 1. The molecule has 9 heteroatoms. The van der Waals surface area contributed by atoms with Crippen LogP contribution in [0.2, 0.25) is 0 Å². The Balaban J connectivity index is 3.53. The monoisotopic (exact) mass is 389 g/mol. The second-order valence-electron chi connectivity index (χ2n) is 5.90. The van der Waals surface area contributed by atoms with Crippen molar-refractivity contribution in [2.75, 3.05) is 59.4 Å². The van der Waals surface area contributed by atoms with Crippen molar-refractivity contribution < 1.29 is 28.8 Å². The Bertz CT molecular complexity index is 418. The van der Waals surface area contributed by atoms with Crippen LogP contribution in [0.1, 0.15) is 33.1 Å². The van der Waals surface area contributed by atoms with Gasteiger partial charge in [-0.1, -0.05) is 13.3 Å². The van der Waals surface area contributed by atoms with E-state index in [4.69, 9.17) is 24.8 Å². The minimum Gasteiger partial charge on any atom is -0.391 e. The quantitative estimate of drug-likeness (QED) is 0.143. The molecule has 0 rings (SSSR count). The van der Waals surface area contributed by atoms with Crippen LogP contribution in [0.5, 0.6) is 0 Å². The highest BCUT2D eigenvalue weighted by atomic mass is 16.5. The number of ether oxygens (including phenoxy) is 4. The molecule has 9 nitrogen and oxygen atoms in total. The SMILES string of the molecule is CCCC(O)COCCOC/C(C=NCCOCCOCCC(C)=O)=N/N. The van der Waals surface area contributed by atoms with Crippen molar-refractivity contribution in [1.82, 2.24) is 0 Å². The van der Waals surface area contributed by atoms with Crippen LogP contribution in [0.15, 0.2) is 10.1 Å². The molecule has 0 aliphatic rings. The summed E-state index contributed by atoms with van der Waals surface area (Å²) in [7, 11) is 0. The van der Waals surface area contributed by atoms with Crippen molar-refractivity contribution >= 4 is 17.7 Å². The Labute approximate surface area is 161 Å². The second-order valence-corrected chi connectivity index (χ2v) is 5.90. The Morgan fingerprint density at radius 2 is 1.74 bits per heavy atom. The summed E-state index contributed by atoms with van der Waals surface area (Å²) < 4.78 is 21.3. The third-order valence-electron chi connectivity index (χ3n) is 3.30. The lowest BCUT2D eigenvalue weighted by Crippen LogP contribution is -2.19. The predicted molar refractivity (Wildman–Crippen MR) is 104 cm³/mol. The molecule has 0 aliphatic heterocycles. The zero-order valence-corrected chi connectivity index (χ0v) is 16.6. The van der Waals surface area contributed by atoms with Crippen molar-refractivity contribution in [3.8, 4) is 0 Å². The number of nitrogens with two attached hydrogens (primary N) is 1. The first-order valence-corrected chi connectivity index (χ1v) is 9.35. The molecule has 0 aromatic carbocycles. The lowest BCUT2D eigenvalue weighted by atomic mass is 10.2. The number of carbonyl (C=O) groups is 1. The molecule has 0 fully saturated rings. The molecule has 0 heterocycles. The number of aliphatic hydroxyl groups excluding tert-OH is 1. The van der Waals surface area contributed by atoms with E-state index in [0.29, 0.717) is 64.9 Å². The molecule has 0 saturated heterocycles. The number of nitrogens with zero attached hydrogens (tertiary/aromatic N) is 2. The van der Waals surface area contributed by atoms with E-state index in [1.54, 1.807) is 6.21 Å². The number of rotatable bonds is 19. The highest BCUT2D eigenvalue weighted by molar-refractivity contribution is 6.31. The Hall–Kier alpha value is -1.39. The van der Waals surface area contributed by atoms with Gasteiger partial charge in [-0.3, -0.25) is 9.79 Å². The summed E-state index contributed by atoms with van der Waals surface area (Å²) in [6, 6.07) is 0. The smallest absolute Gasteiger partial charge is 0.132 e. The lowest BCUT2D eigenvalue weighted by molar-refractivity contribution is -0.118. The number of Topliss-reactive ketones (excluding diaryl/α,β-unsaturated/α-hetero) is 1. The van der Waals surface area contributed by atoms with E-state index >= 15 is 0 Å². The molecule has 1 atom stereocenters. The molecule has 0 radical (unpaired) electrons. The van der Waals surface area contributed by atoms with Crippen molar-refractivity contribution in [2.45, 2.75) is 39.2 Å². The van der Waals surface area contributed by atoms with Crippen LogP contribution in [0, 0.1) is 0 Å².